The smallest absolute Gasteiger partial charge is 0.331 e. The number of allylic oxidation sites excluding steroid dienone is 1. The summed E-state index contributed by atoms with van der Waals surface area (Å²) in [7, 11) is 0. The Hall–Kier alpha value is -3.74. The van der Waals surface area contributed by atoms with E-state index in [2.05, 4.69) is 30.2 Å². The predicted octanol–water partition coefficient (Wildman–Crippen LogP) is 9.25. The monoisotopic (exact) mass is 586 g/mol. The normalized spacial score (nSPS) is 16.6. The number of fused-ring (bicyclic) bond motifs is 1. The minimum atomic E-state index is -0.551. The Balaban J connectivity index is 1.58. The minimum Gasteiger partial charge on any atom is -0.457 e. The average molecular weight is 587 g/mol. The summed E-state index contributed by atoms with van der Waals surface area (Å²) in [5, 5.41) is 6.05. The Morgan fingerprint density at radius 3 is 2.52 bits per heavy atom. The predicted molar refractivity (Wildman–Crippen MR) is 168 cm³/mol. The fraction of sp³-hybridized carbons (Fsp3) is 0.314. The summed E-state index contributed by atoms with van der Waals surface area (Å²) in [6, 6.07) is 18.9. The molecule has 7 heteroatoms. The molecule has 0 radical (unpaired) electrons. The molecule has 1 unspecified atom stereocenters. The van der Waals surface area contributed by atoms with Crippen LogP contribution in [0, 0.1) is 5.82 Å². The molecular formula is C35H36ClFN2O3. The zero-order valence-corrected chi connectivity index (χ0v) is 25.2. The standard InChI is InChI=1S/C35H36ClFN2O3/c1-5-28(29-16-15-27(37)21-30(29)36)34(24-12-9-23(10-13-24)11-18-33(40)42-35(2,3)4)25-14-17-31-26(20-25)22-38-39(31)32-8-6-7-19-41-32/h9-18,20-22,32H,5-8,19H2,1-4H3/b18-11+,34-28+. The second-order valence-corrected chi connectivity index (χ2v) is 11.9. The van der Waals surface area contributed by atoms with Crippen LogP contribution in [0.4, 0.5) is 4.39 Å². The van der Waals surface area contributed by atoms with Gasteiger partial charge in [0.2, 0.25) is 0 Å². The molecule has 5 rings (SSSR count). The van der Waals surface area contributed by atoms with Crippen molar-refractivity contribution in [1.29, 1.82) is 0 Å². The van der Waals surface area contributed by atoms with Gasteiger partial charge in [-0.1, -0.05) is 54.9 Å². The molecule has 42 heavy (non-hydrogen) atoms. The van der Waals surface area contributed by atoms with E-state index in [1.54, 1.807) is 12.1 Å². The van der Waals surface area contributed by atoms with Crippen molar-refractivity contribution in [2.24, 2.45) is 0 Å². The first-order chi connectivity index (χ1) is 20.1. The first-order valence-corrected chi connectivity index (χ1v) is 14.8. The molecule has 0 spiro atoms. The highest BCUT2D eigenvalue weighted by atomic mass is 35.5. The van der Waals surface area contributed by atoms with Crippen molar-refractivity contribution in [3.8, 4) is 0 Å². The van der Waals surface area contributed by atoms with Crippen molar-refractivity contribution < 1.29 is 18.7 Å². The molecule has 1 aliphatic rings. The lowest BCUT2D eigenvalue weighted by Gasteiger charge is -2.23. The Bertz CT molecular complexity index is 1640. The van der Waals surface area contributed by atoms with E-state index in [0.717, 1.165) is 70.2 Å². The summed E-state index contributed by atoms with van der Waals surface area (Å²) in [5.41, 5.74) is 6.10. The SMILES string of the molecule is CC/C(=C(/c1ccc(/C=C/C(=O)OC(C)(C)C)cc1)c1ccc2c(cnn2C2CCCCO2)c1)c1ccc(F)cc1Cl. The summed E-state index contributed by atoms with van der Waals surface area (Å²) in [5.74, 6) is -0.764. The van der Waals surface area contributed by atoms with Gasteiger partial charge in [0, 0.05) is 18.1 Å². The fourth-order valence-electron chi connectivity index (χ4n) is 5.37. The Morgan fingerprint density at radius 2 is 1.86 bits per heavy atom. The van der Waals surface area contributed by atoms with E-state index < -0.39 is 5.60 Å². The maximum absolute atomic E-state index is 14.0. The molecular weight excluding hydrogens is 551 g/mol. The molecule has 0 amide bonds. The molecule has 0 bridgehead atoms. The number of hydrogen-bond acceptors (Lipinski definition) is 4. The molecule has 1 aromatic heterocycles. The van der Waals surface area contributed by atoms with Crippen molar-refractivity contribution in [2.45, 2.75) is 65.2 Å². The van der Waals surface area contributed by atoms with Gasteiger partial charge in [-0.15, -0.1) is 0 Å². The molecule has 5 nitrogen and oxygen atoms in total. The van der Waals surface area contributed by atoms with Gasteiger partial charge in [-0.05, 0) is 110 Å². The van der Waals surface area contributed by atoms with Crippen molar-refractivity contribution >= 4 is 45.7 Å². The van der Waals surface area contributed by atoms with Gasteiger partial charge in [-0.2, -0.15) is 5.10 Å². The third-order valence-corrected chi connectivity index (χ3v) is 7.55. The number of esters is 1. The maximum atomic E-state index is 14.0. The number of nitrogens with zero attached hydrogens (tertiary/aromatic N) is 2. The molecule has 1 saturated heterocycles. The van der Waals surface area contributed by atoms with Gasteiger partial charge in [-0.25, -0.2) is 13.9 Å². The lowest BCUT2D eigenvalue weighted by Crippen LogP contribution is -2.22. The maximum Gasteiger partial charge on any atom is 0.331 e. The van der Waals surface area contributed by atoms with E-state index in [1.807, 2.05) is 55.9 Å². The van der Waals surface area contributed by atoms with E-state index in [0.29, 0.717) is 11.4 Å². The van der Waals surface area contributed by atoms with Gasteiger partial charge in [0.05, 0.1) is 16.7 Å². The van der Waals surface area contributed by atoms with Gasteiger partial charge in [-0.3, -0.25) is 0 Å². The molecule has 2 heterocycles. The molecule has 0 N–H and O–H groups in total. The summed E-state index contributed by atoms with van der Waals surface area (Å²) in [4.78, 5) is 12.2. The molecule has 218 valence electrons. The third kappa shape index (κ3) is 6.83. The minimum absolute atomic E-state index is 0.0531. The molecule has 1 fully saturated rings. The molecule has 3 aromatic carbocycles. The number of halogens is 2. The molecule has 1 aliphatic heterocycles. The number of rotatable bonds is 7. The second kappa shape index (κ2) is 12.6. The van der Waals surface area contributed by atoms with Crippen LogP contribution >= 0.6 is 11.6 Å². The van der Waals surface area contributed by atoms with E-state index in [9.17, 15) is 9.18 Å². The highest BCUT2D eigenvalue weighted by Gasteiger charge is 2.21. The Labute approximate surface area is 251 Å². The van der Waals surface area contributed by atoms with E-state index in [4.69, 9.17) is 21.1 Å². The van der Waals surface area contributed by atoms with Crippen LogP contribution in [0.3, 0.4) is 0 Å². The summed E-state index contributed by atoms with van der Waals surface area (Å²) >= 11 is 6.59. The fourth-order valence-corrected chi connectivity index (χ4v) is 5.65. The number of carbonyl (C=O) groups is 1. The number of benzene rings is 3. The van der Waals surface area contributed by atoms with E-state index >= 15 is 0 Å². The summed E-state index contributed by atoms with van der Waals surface area (Å²) < 4.78 is 27.4. The van der Waals surface area contributed by atoms with Crippen LogP contribution in [-0.2, 0) is 14.3 Å². The van der Waals surface area contributed by atoms with Crippen LogP contribution in [-0.4, -0.2) is 28.0 Å². The number of aromatic nitrogens is 2. The Kier molecular flexibility index (Phi) is 8.95. The second-order valence-electron chi connectivity index (χ2n) is 11.5. The van der Waals surface area contributed by atoms with Crippen molar-refractivity contribution in [3.63, 3.8) is 0 Å². The lowest BCUT2D eigenvalue weighted by atomic mass is 9.87. The van der Waals surface area contributed by atoms with Crippen LogP contribution in [0.5, 0.6) is 0 Å². The zero-order chi connectivity index (χ0) is 29.9. The topological polar surface area (TPSA) is 53.3 Å². The third-order valence-electron chi connectivity index (χ3n) is 7.24. The van der Waals surface area contributed by atoms with E-state index in [-0.39, 0.29) is 18.0 Å². The van der Waals surface area contributed by atoms with Crippen LogP contribution in [0.1, 0.15) is 81.9 Å². The highest BCUT2D eigenvalue weighted by Crippen LogP contribution is 2.39. The largest absolute Gasteiger partial charge is 0.457 e. The van der Waals surface area contributed by atoms with Gasteiger partial charge < -0.3 is 9.47 Å². The van der Waals surface area contributed by atoms with Gasteiger partial charge in [0.1, 0.15) is 11.4 Å². The number of ether oxygens (including phenoxy) is 2. The Morgan fingerprint density at radius 1 is 1.10 bits per heavy atom. The number of hydrogen-bond donors (Lipinski definition) is 0. The van der Waals surface area contributed by atoms with Crippen molar-refractivity contribution in [2.75, 3.05) is 6.61 Å². The molecule has 1 atom stereocenters. The van der Waals surface area contributed by atoms with Gasteiger partial charge >= 0.3 is 5.97 Å². The van der Waals surface area contributed by atoms with Gasteiger partial charge in [0.25, 0.3) is 0 Å². The molecule has 0 aliphatic carbocycles. The summed E-state index contributed by atoms with van der Waals surface area (Å²) in [6.07, 6.45) is 8.84. The molecule has 0 saturated carbocycles. The van der Waals surface area contributed by atoms with Crippen LogP contribution < -0.4 is 0 Å². The van der Waals surface area contributed by atoms with Gasteiger partial charge in [0.15, 0.2) is 6.23 Å². The quantitative estimate of drug-likeness (QED) is 0.123. The number of carbonyl (C=O) groups excluding carboxylic acids is 1. The van der Waals surface area contributed by atoms with Crippen molar-refractivity contribution in [1.82, 2.24) is 9.78 Å². The van der Waals surface area contributed by atoms with Crippen LogP contribution in [0.2, 0.25) is 5.02 Å². The molecule has 4 aromatic rings. The lowest BCUT2D eigenvalue weighted by molar-refractivity contribution is -0.148. The van der Waals surface area contributed by atoms with E-state index in [1.165, 1.54) is 18.2 Å². The van der Waals surface area contributed by atoms with Crippen LogP contribution in [0.25, 0.3) is 28.1 Å². The average Bonchev–Trinajstić information content (AvgIpc) is 3.39. The first-order valence-electron chi connectivity index (χ1n) is 14.4. The highest BCUT2D eigenvalue weighted by molar-refractivity contribution is 6.32. The summed E-state index contributed by atoms with van der Waals surface area (Å²) in [6.45, 7) is 8.34. The van der Waals surface area contributed by atoms with Crippen LogP contribution in [0.15, 0.2) is 72.9 Å². The first kappa shape index (κ1) is 29.7. The van der Waals surface area contributed by atoms with Crippen molar-refractivity contribution in [3.05, 3.63) is 106 Å². The zero-order valence-electron chi connectivity index (χ0n) is 24.5.